The van der Waals surface area contributed by atoms with E-state index in [0.29, 0.717) is 0 Å². The van der Waals surface area contributed by atoms with Gasteiger partial charge in [0.05, 0.1) is 11.1 Å². The summed E-state index contributed by atoms with van der Waals surface area (Å²) < 4.78 is 64.4. The van der Waals surface area contributed by atoms with Crippen LogP contribution in [0.2, 0.25) is 0 Å². The van der Waals surface area contributed by atoms with E-state index in [4.69, 9.17) is 0 Å². The molecule has 0 saturated carbocycles. The molecule has 1 aliphatic rings. The molecule has 0 spiro atoms. The third-order valence-electron chi connectivity index (χ3n) is 3.55. The first-order chi connectivity index (χ1) is 11.0. The Kier molecular flexibility index (Phi) is 7.20. The molecule has 0 atom stereocenters. The molecule has 0 radical (unpaired) electrons. The Morgan fingerprint density at radius 2 is 1.00 bits per heavy atom. The van der Waals surface area contributed by atoms with Crippen molar-refractivity contribution in [2.24, 2.45) is 0 Å². The summed E-state index contributed by atoms with van der Waals surface area (Å²) in [4.78, 5) is 23.6. The maximum absolute atomic E-state index is 12.7. The summed E-state index contributed by atoms with van der Waals surface area (Å²) in [6.07, 6.45) is 0. The molecule has 8 nitrogen and oxygen atoms in total. The fourth-order valence-electron chi connectivity index (χ4n) is 2.61. The molecule has 0 unspecified atom stereocenters. The van der Waals surface area contributed by atoms with Gasteiger partial charge in [-0.05, 0) is 12.1 Å². The van der Waals surface area contributed by atoms with Crippen molar-refractivity contribution in [3.63, 3.8) is 0 Å². The molecule has 2 N–H and O–H groups in total. The first-order valence-corrected chi connectivity index (χ1v) is 9.22. The van der Waals surface area contributed by atoms with Gasteiger partial charge in [-0.1, -0.05) is 24.3 Å². The van der Waals surface area contributed by atoms with Gasteiger partial charge in [0.15, 0.2) is 11.6 Å². The first-order valence-electron chi connectivity index (χ1n) is 6.34. The number of rotatable bonds is 2. The minimum Gasteiger partial charge on any atom is -1.00 e. The van der Waals surface area contributed by atoms with E-state index >= 15 is 0 Å². The number of carbonyl (C=O) groups is 2. The fraction of sp³-hybridized carbons (Fsp3) is 0. The predicted molar refractivity (Wildman–Crippen MR) is 81.6 cm³/mol. The molecular weight excluding hydrogens is 406 g/mol. The number of fused-ring (bicyclic) bond motifs is 2. The maximum atomic E-state index is 12.7. The fourth-order valence-corrected chi connectivity index (χ4v) is 4.03. The van der Waals surface area contributed by atoms with Crippen LogP contribution in [0.25, 0.3) is 0 Å². The summed E-state index contributed by atoms with van der Waals surface area (Å²) >= 11 is 0. The van der Waals surface area contributed by atoms with Crippen molar-refractivity contribution < 1.29 is 97.5 Å². The summed E-state index contributed by atoms with van der Waals surface area (Å²) in [6, 6.07) is 6.55. The second-order valence-corrected chi connectivity index (χ2v) is 7.75. The Hall–Kier alpha value is -0.400. The zero-order valence-corrected chi connectivity index (χ0v) is 19.3. The van der Waals surface area contributed by atoms with Crippen LogP contribution >= 0.6 is 0 Å². The second-order valence-electron chi connectivity index (χ2n) is 4.97. The van der Waals surface area contributed by atoms with Gasteiger partial charge in [0.1, 0.15) is 9.79 Å². The Bertz CT molecular complexity index is 1060. The molecule has 2 aromatic carbocycles. The Balaban J connectivity index is 0. The van der Waals surface area contributed by atoms with Gasteiger partial charge < -0.3 is 2.85 Å². The van der Waals surface area contributed by atoms with Gasteiger partial charge in [-0.3, -0.25) is 18.7 Å². The molecule has 12 heteroatoms. The van der Waals surface area contributed by atoms with Crippen LogP contribution < -0.4 is 59.1 Å². The quantitative estimate of drug-likeness (QED) is 0.313. The molecular formula is C14H10Na2O8S2. The molecule has 3 rings (SSSR count). The average molecular weight is 416 g/mol. The number of carbonyl (C=O) groups excluding carboxylic acids is 2. The van der Waals surface area contributed by atoms with E-state index < -0.39 is 52.7 Å². The molecule has 128 valence electrons. The Morgan fingerprint density at radius 3 is 1.31 bits per heavy atom. The van der Waals surface area contributed by atoms with Gasteiger partial charge in [0.2, 0.25) is 0 Å². The van der Waals surface area contributed by atoms with Crippen LogP contribution in [0.5, 0.6) is 0 Å². The minimum absolute atomic E-state index is 0. The van der Waals surface area contributed by atoms with Crippen molar-refractivity contribution in [2.75, 3.05) is 0 Å². The van der Waals surface area contributed by atoms with Crippen LogP contribution in [-0.4, -0.2) is 37.5 Å². The number of hydrogen-bond acceptors (Lipinski definition) is 6. The average Bonchev–Trinajstić information content (AvgIpc) is 2.49. The Labute approximate surface area is 196 Å². The topological polar surface area (TPSA) is 143 Å². The van der Waals surface area contributed by atoms with Crippen molar-refractivity contribution in [1.29, 1.82) is 0 Å². The molecule has 0 saturated heterocycles. The summed E-state index contributed by atoms with van der Waals surface area (Å²) in [5.41, 5.74) is -1.83. The van der Waals surface area contributed by atoms with Crippen molar-refractivity contribution in [3.8, 4) is 0 Å². The van der Waals surface area contributed by atoms with Gasteiger partial charge >= 0.3 is 59.1 Å². The number of benzene rings is 2. The van der Waals surface area contributed by atoms with E-state index in [1.54, 1.807) is 0 Å². The standard InChI is InChI=1S/C14H8O8S2.2Na.2H/c15-13-7-3-1-5-9(23(17,18)19)11(7)14(16)12-8(13)4-2-6-10(12)24(20,21)22;;;;/h1-6H,(H,17,18,19)(H,20,21,22);;;;/q;2*+1;2*-1. The van der Waals surface area contributed by atoms with Crippen molar-refractivity contribution in [3.05, 3.63) is 58.7 Å². The summed E-state index contributed by atoms with van der Waals surface area (Å²) in [7, 11) is -9.67. The van der Waals surface area contributed by atoms with E-state index in [0.717, 1.165) is 12.1 Å². The molecule has 0 bridgehead atoms. The van der Waals surface area contributed by atoms with Gasteiger partial charge in [-0.25, -0.2) is 0 Å². The van der Waals surface area contributed by atoms with Crippen molar-refractivity contribution in [2.45, 2.75) is 9.79 Å². The summed E-state index contributed by atoms with van der Waals surface area (Å²) in [6.45, 7) is 0. The molecule has 26 heavy (non-hydrogen) atoms. The van der Waals surface area contributed by atoms with Gasteiger partial charge in [-0.2, -0.15) is 16.8 Å². The molecule has 0 fully saturated rings. The van der Waals surface area contributed by atoms with Gasteiger partial charge in [0.25, 0.3) is 20.2 Å². The van der Waals surface area contributed by atoms with Crippen molar-refractivity contribution in [1.82, 2.24) is 0 Å². The first kappa shape index (κ1) is 23.6. The van der Waals surface area contributed by atoms with Gasteiger partial charge in [-0.15, -0.1) is 0 Å². The monoisotopic (exact) mass is 416 g/mol. The van der Waals surface area contributed by atoms with Crippen LogP contribution in [0.15, 0.2) is 46.2 Å². The third-order valence-corrected chi connectivity index (χ3v) is 5.34. The van der Waals surface area contributed by atoms with Gasteiger partial charge in [0, 0.05) is 11.1 Å². The van der Waals surface area contributed by atoms with Crippen LogP contribution in [0.4, 0.5) is 0 Å². The molecule has 0 aromatic heterocycles. The minimum atomic E-state index is -4.84. The smallest absolute Gasteiger partial charge is 1.00 e. The van der Waals surface area contributed by atoms with Crippen LogP contribution in [0.3, 0.4) is 0 Å². The predicted octanol–water partition coefficient (Wildman–Crippen LogP) is -4.81. The number of hydrogen-bond donors (Lipinski definition) is 2. The van der Waals surface area contributed by atoms with E-state index in [9.17, 15) is 35.5 Å². The molecule has 0 amide bonds. The van der Waals surface area contributed by atoms with Crippen LogP contribution in [0.1, 0.15) is 34.7 Å². The normalized spacial score (nSPS) is 13.2. The van der Waals surface area contributed by atoms with E-state index in [1.807, 2.05) is 0 Å². The summed E-state index contributed by atoms with van der Waals surface area (Å²) in [5, 5.41) is 0. The zero-order chi connectivity index (χ0) is 17.9. The SMILES string of the molecule is O=C1c2cccc(S(=O)(=O)O)c2C(=O)c2c1cccc2S(=O)(=O)O.[H-].[H-].[Na+].[Na+]. The second kappa shape index (κ2) is 7.92. The van der Waals surface area contributed by atoms with Crippen molar-refractivity contribution >= 4 is 31.8 Å². The summed E-state index contributed by atoms with van der Waals surface area (Å²) in [5.74, 6) is -1.89. The maximum Gasteiger partial charge on any atom is 1.00 e. The largest absolute Gasteiger partial charge is 1.00 e. The van der Waals surface area contributed by atoms with E-state index in [-0.39, 0.29) is 73.1 Å². The molecule has 2 aromatic rings. The zero-order valence-electron chi connectivity index (χ0n) is 15.6. The molecule has 0 aliphatic heterocycles. The number of ketones is 2. The Morgan fingerprint density at radius 1 is 0.654 bits per heavy atom. The molecule has 1 aliphatic carbocycles. The van der Waals surface area contributed by atoms with E-state index in [2.05, 4.69) is 0 Å². The van der Waals surface area contributed by atoms with E-state index in [1.165, 1.54) is 24.3 Å². The third kappa shape index (κ3) is 3.90. The molecule has 0 heterocycles. The van der Waals surface area contributed by atoms with Crippen LogP contribution in [0, 0.1) is 0 Å². The van der Waals surface area contributed by atoms with Crippen LogP contribution in [-0.2, 0) is 20.2 Å².